The van der Waals surface area contributed by atoms with Gasteiger partial charge in [-0.3, -0.25) is 4.79 Å². The van der Waals surface area contributed by atoms with E-state index < -0.39 is 11.5 Å². The van der Waals surface area contributed by atoms with Gasteiger partial charge in [0.2, 0.25) is 0 Å². The van der Waals surface area contributed by atoms with Crippen LogP contribution in [0.4, 0.5) is 5.69 Å². The molecule has 1 heterocycles. The standard InChI is InChI=1S/C23H24N2O4/c1-5-6-16-11-17-12-19(23(27)29-21(17)13-20(16)28-4)22(26)24-18-9-7-15(8-10-18)14-25(2)3/h5,7-13H,1,6,14H2,2-4H3,(H,24,26). The van der Waals surface area contributed by atoms with Gasteiger partial charge in [-0.15, -0.1) is 6.58 Å². The van der Waals surface area contributed by atoms with E-state index in [0.29, 0.717) is 28.8 Å². The zero-order valence-corrected chi connectivity index (χ0v) is 16.8. The average molecular weight is 392 g/mol. The average Bonchev–Trinajstić information content (AvgIpc) is 2.68. The number of benzene rings is 2. The molecule has 0 saturated heterocycles. The maximum absolute atomic E-state index is 12.7. The SMILES string of the molecule is C=CCc1cc2cc(C(=O)Nc3ccc(CN(C)C)cc3)c(=O)oc2cc1OC. The highest BCUT2D eigenvalue weighted by molar-refractivity contribution is 6.05. The molecule has 2 aromatic carbocycles. The van der Waals surface area contributed by atoms with E-state index in [4.69, 9.17) is 9.15 Å². The van der Waals surface area contributed by atoms with Gasteiger partial charge in [0, 0.05) is 23.7 Å². The summed E-state index contributed by atoms with van der Waals surface area (Å²) in [5, 5.41) is 3.40. The molecular weight excluding hydrogens is 368 g/mol. The van der Waals surface area contributed by atoms with Crippen LogP contribution in [0.25, 0.3) is 11.0 Å². The van der Waals surface area contributed by atoms with Gasteiger partial charge in [0.15, 0.2) is 0 Å². The molecule has 3 rings (SSSR count). The Labute approximate surface area is 169 Å². The Morgan fingerprint density at radius 3 is 2.55 bits per heavy atom. The number of nitrogens with one attached hydrogen (secondary N) is 1. The van der Waals surface area contributed by atoms with Crippen molar-refractivity contribution in [1.29, 1.82) is 0 Å². The first-order valence-electron chi connectivity index (χ1n) is 9.22. The van der Waals surface area contributed by atoms with E-state index in [9.17, 15) is 9.59 Å². The fraction of sp³-hybridized carbons (Fsp3) is 0.217. The van der Waals surface area contributed by atoms with Crippen molar-refractivity contribution in [3.05, 3.63) is 82.2 Å². The predicted molar refractivity (Wildman–Crippen MR) is 115 cm³/mol. The summed E-state index contributed by atoms with van der Waals surface area (Å²) in [5.74, 6) is 0.0951. The minimum absolute atomic E-state index is 0.0513. The molecular formula is C23H24N2O4. The summed E-state index contributed by atoms with van der Waals surface area (Å²) in [6, 6.07) is 12.5. The predicted octanol–water partition coefficient (Wildman–Crippen LogP) is 3.84. The van der Waals surface area contributed by atoms with Crippen molar-refractivity contribution < 1.29 is 13.9 Å². The zero-order valence-electron chi connectivity index (χ0n) is 16.8. The van der Waals surface area contributed by atoms with Gasteiger partial charge in [0.05, 0.1) is 7.11 Å². The Morgan fingerprint density at radius 1 is 1.21 bits per heavy atom. The maximum Gasteiger partial charge on any atom is 0.349 e. The molecule has 0 unspecified atom stereocenters. The fourth-order valence-corrected chi connectivity index (χ4v) is 3.12. The van der Waals surface area contributed by atoms with Crippen molar-refractivity contribution in [2.75, 3.05) is 26.5 Å². The van der Waals surface area contributed by atoms with Gasteiger partial charge in [-0.2, -0.15) is 0 Å². The summed E-state index contributed by atoms with van der Waals surface area (Å²) < 4.78 is 10.7. The molecule has 0 radical (unpaired) electrons. The van der Waals surface area contributed by atoms with Gasteiger partial charge in [-0.1, -0.05) is 18.2 Å². The summed E-state index contributed by atoms with van der Waals surface area (Å²) in [6.45, 7) is 4.55. The third-order valence-corrected chi connectivity index (χ3v) is 4.45. The number of allylic oxidation sites excluding steroid dienone is 1. The van der Waals surface area contributed by atoms with E-state index in [1.165, 1.54) is 0 Å². The quantitative estimate of drug-likeness (QED) is 0.489. The van der Waals surface area contributed by atoms with Gasteiger partial charge >= 0.3 is 5.63 Å². The van der Waals surface area contributed by atoms with Crippen LogP contribution in [-0.4, -0.2) is 32.0 Å². The Bertz CT molecular complexity index is 1100. The van der Waals surface area contributed by atoms with Gasteiger partial charge in [0.25, 0.3) is 5.91 Å². The number of ether oxygens (including phenoxy) is 1. The first-order chi connectivity index (χ1) is 13.9. The van der Waals surface area contributed by atoms with Crippen molar-refractivity contribution >= 4 is 22.6 Å². The molecule has 0 saturated carbocycles. The van der Waals surface area contributed by atoms with E-state index in [0.717, 1.165) is 17.7 Å². The molecule has 0 spiro atoms. The highest BCUT2D eigenvalue weighted by atomic mass is 16.5. The molecule has 0 aliphatic rings. The Kier molecular flexibility index (Phi) is 6.14. The molecule has 1 aromatic heterocycles. The van der Waals surface area contributed by atoms with Gasteiger partial charge in [-0.05, 0) is 55.9 Å². The highest BCUT2D eigenvalue weighted by Crippen LogP contribution is 2.26. The van der Waals surface area contributed by atoms with Crippen molar-refractivity contribution in [1.82, 2.24) is 4.90 Å². The largest absolute Gasteiger partial charge is 0.496 e. The first kappa shape index (κ1) is 20.4. The molecule has 0 bridgehead atoms. The number of methoxy groups -OCH3 is 1. The lowest BCUT2D eigenvalue weighted by Crippen LogP contribution is -2.20. The molecule has 1 N–H and O–H groups in total. The molecule has 29 heavy (non-hydrogen) atoms. The van der Waals surface area contributed by atoms with Crippen LogP contribution >= 0.6 is 0 Å². The molecule has 6 nitrogen and oxygen atoms in total. The summed E-state index contributed by atoms with van der Waals surface area (Å²) in [5.41, 5.74) is 2.25. The van der Waals surface area contributed by atoms with Crippen LogP contribution in [-0.2, 0) is 13.0 Å². The fourth-order valence-electron chi connectivity index (χ4n) is 3.12. The van der Waals surface area contributed by atoms with Crippen LogP contribution < -0.4 is 15.7 Å². The molecule has 3 aromatic rings. The van der Waals surface area contributed by atoms with Crippen LogP contribution in [0.3, 0.4) is 0 Å². The molecule has 0 fully saturated rings. The monoisotopic (exact) mass is 392 g/mol. The van der Waals surface area contributed by atoms with Crippen LogP contribution in [0, 0.1) is 0 Å². The summed E-state index contributed by atoms with van der Waals surface area (Å²) in [4.78, 5) is 27.1. The second kappa shape index (κ2) is 8.75. The number of amides is 1. The number of carbonyl (C=O) groups is 1. The number of nitrogens with zero attached hydrogens (tertiary/aromatic N) is 1. The van der Waals surface area contributed by atoms with Crippen LogP contribution in [0.5, 0.6) is 5.75 Å². The van der Waals surface area contributed by atoms with Crippen LogP contribution in [0.2, 0.25) is 0 Å². The molecule has 150 valence electrons. The smallest absolute Gasteiger partial charge is 0.349 e. The van der Waals surface area contributed by atoms with Gasteiger partial charge in [-0.25, -0.2) is 4.79 Å². The Hall–Kier alpha value is -3.38. The minimum atomic E-state index is -0.697. The topological polar surface area (TPSA) is 71.8 Å². The van der Waals surface area contributed by atoms with E-state index in [2.05, 4.69) is 16.8 Å². The Morgan fingerprint density at radius 2 is 1.93 bits per heavy atom. The van der Waals surface area contributed by atoms with E-state index >= 15 is 0 Å². The van der Waals surface area contributed by atoms with Crippen molar-refractivity contribution in [2.45, 2.75) is 13.0 Å². The first-order valence-corrected chi connectivity index (χ1v) is 9.22. The zero-order chi connectivity index (χ0) is 21.0. The van der Waals surface area contributed by atoms with Crippen molar-refractivity contribution in [3.8, 4) is 5.75 Å². The second-order valence-electron chi connectivity index (χ2n) is 7.03. The Balaban J connectivity index is 1.89. The second-order valence-corrected chi connectivity index (χ2v) is 7.03. The number of carbonyl (C=O) groups excluding carboxylic acids is 1. The summed E-state index contributed by atoms with van der Waals surface area (Å²) in [7, 11) is 5.53. The van der Waals surface area contributed by atoms with Gasteiger partial charge < -0.3 is 19.4 Å². The third-order valence-electron chi connectivity index (χ3n) is 4.45. The van der Waals surface area contributed by atoms with E-state index in [-0.39, 0.29) is 5.56 Å². The van der Waals surface area contributed by atoms with Crippen LogP contribution in [0.1, 0.15) is 21.5 Å². The highest BCUT2D eigenvalue weighted by Gasteiger charge is 2.16. The third kappa shape index (κ3) is 4.73. The molecule has 0 atom stereocenters. The van der Waals surface area contributed by atoms with Crippen molar-refractivity contribution in [2.24, 2.45) is 0 Å². The van der Waals surface area contributed by atoms with E-state index in [1.807, 2.05) is 44.4 Å². The lowest BCUT2D eigenvalue weighted by atomic mass is 10.1. The normalized spacial score (nSPS) is 10.9. The lowest BCUT2D eigenvalue weighted by molar-refractivity contribution is 0.102. The summed E-state index contributed by atoms with van der Waals surface area (Å²) >= 11 is 0. The maximum atomic E-state index is 12.7. The lowest BCUT2D eigenvalue weighted by Gasteiger charge is -2.11. The molecule has 0 aliphatic carbocycles. The number of rotatable bonds is 7. The molecule has 6 heteroatoms. The molecule has 0 aliphatic heterocycles. The number of hydrogen-bond donors (Lipinski definition) is 1. The number of fused-ring (bicyclic) bond motifs is 1. The minimum Gasteiger partial charge on any atom is -0.496 e. The summed E-state index contributed by atoms with van der Waals surface area (Å²) in [6.07, 6.45) is 2.36. The van der Waals surface area contributed by atoms with Crippen LogP contribution in [0.15, 0.2) is 64.3 Å². The number of hydrogen-bond acceptors (Lipinski definition) is 5. The number of anilines is 1. The van der Waals surface area contributed by atoms with Gasteiger partial charge in [0.1, 0.15) is 16.9 Å². The van der Waals surface area contributed by atoms with E-state index in [1.54, 1.807) is 25.3 Å². The molecule has 1 amide bonds. The van der Waals surface area contributed by atoms with Crippen molar-refractivity contribution in [3.63, 3.8) is 0 Å².